The highest BCUT2D eigenvalue weighted by Crippen LogP contribution is 2.05. The first-order valence-electron chi connectivity index (χ1n) is 2.12. The molecule has 1 unspecified atom stereocenters. The molecule has 0 saturated heterocycles. The smallest absolute Gasteiger partial charge is 0.160 e. The Kier molecular flexibility index (Phi) is 1.77. The van der Waals surface area contributed by atoms with Gasteiger partial charge in [-0.15, -0.1) is 20.6 Å². The van der Waals surface area contributed by atoms with Gasteiger partial charge in [0.2, 0.25) is 0 Å². The summed E-state index contributed by atoms with van der Waals surface area (Å²) in [5.41, 5.74) is 0. The molecule has 42 valence electrons. The fraction of sp³-hybridized carbons (Fsp3) is 0. The van der Waals surface area contributed by atoms with E-state index in [1.54, 1.807) is 0 Å². The number of thiophene rings is 1. The Morgan fingerprint density at radius 2 is 2.50 bits per heavy atom. The van der Waals surface area contributed by atoms with Crippen LogP contribution in [-0.2, 0) is 0 Å². The zero-order valence-corrected chi connectivity index (χ0v) is 6.10. The van der Waals surface area contributed by atoms with Gasteiger partial charge in [-0.25, -0.2) is 0 Å². The van der Waals surface area contributed by atoms with Gasteiger partial charge in [-0.05, 0) is 16.8 Å². The van der Waals surface area contributed by atoms with Crippen LogP contribution in [0.25, 0.3) is 0 Å². The summed E-state index contributed by atoms with van der Waals surface area (Å²) < 4.78 is 0. The standard InChI is InChI=1S/C5H5OPS/c6-3-5-4(7)1-2-8-5/h1-3H,7H2. The zero-order valence-electron chi connectivity index (χ0n) is 4.13. The number of aldehydes is 1. The van der Waals surface area contributed by atoms with E-state index in [4.69, 9.17) is 0 Å². The molecular weight excluding hydrogens is 139 g/mol. The fourth-order valence-electron chi connectivity index (χ4n) is 0.427. The van der Waals surface area contributed by atoms with E-state index in [0.717, 1.165) is 16.5 Å². The summed E-state index contributed by atoms with van der Waals surface area (Å²) in [7, 11) is 2.50. The van der Waals surface area contributed by atoms with Crippen LogP contribution < -0.4 is 5.30 Å². The molecule has 1 rings (SSSR count). The van der Waals surface area contributed by atoms with Crippen molar-refractivity contribution in [2.75, 3.05) is 0 Å². The van der Waals surface area contributed by atoms with Crippen LogP contribution in [0.15, 0.2) is 11.4 Å². The Labute approximate surface area is 53.9 Å². The Morgan fingerprint density at radius 1 is 1.75 bits per heavy atom. The minimum atomic E-state index is 0.801. The van der Waals surface area contributed by atoms with E-state index >= 15 is 0 Å². The van der Waals surface area contributed by atoms with Crippen LogP contribution in [0.5, 0.6) is 0 Å². The van der Waals surface area contributed by atoms with Crippen molar-refractivity contribution in [3.63, 3.8) is 0 Å². The third-order valence-electron chi connectivity index (χ3n) is 0.834. The molecule has 3 heteroatoms. The van der Waals surface area contributed by atoms with Crippen molar-refractivity contribution in [2.45, 2.75) is 0 Å². The molecule has 0 aliphatic carbocycles. The van der Waals surface area contributed by atoms with Crippen LogP contribution in [-0.4, -0.2) is 6.29 Å². The number of carbonyl (C=O) groups is 1. The first-order valence-corrected chi connectivity index (χ1v) is 3.58. The van der Waals surface area contributed by atoms with Gasteiger partial charge in [0, 0.05) is 0 Å². The van der Waals surface area contributed by atoms with Gasteiger partial charge >= 0.3 is 0 Å². The fourth-order valence-corrected chi connectivity index (χ4v) is 1.56. The summed E-state index contributed by atoms with van der Waals surface area (Å²) in [5, 5.41) is 2.89. The van der Waals surface area contributed by atoms with E-state index in [2.05, 4.69) is 9.24 Å². The van der Waals surface area contributed by atoms with Crippen molar-refractivity contribution in [3.8, 4) is 0 Å². The molecule has 0 fully saturated rings. The van der Waals surface area contributed by atoms with Crippen LogP contribution in [0.1, 0.15) is 9.67 Å². The molecule has 8 heavy (non-hydrogen) atoms. The highest BCUT2D eigenvalue weighted by Gasteiger charge is 1.93. The van der Waals surface area contributed by atoms with Gasteiger partial charge in [-0.1, -0.05) is 0 Å². The molecule has 0 N–H and O–H groups in total. The lowest BCUT2D eigenvalue weighted by Gasteiger charge is -1.78. The largest absolute Gasteiger partial charge is 0.297 e. The lowest BCUT2D eigenvalue weighted by atomic mass is 10.5. The highest BCUT2D eigenvalue weighted by molar-refractivity contribution is 7.30. The first-order chi connectivity index (χ1) is 3.84. The lowest BCUT2D eigenvalue weighted by Crippen LogP contribution is -1.89. The Bertz CT molecular complexity index is 194. The normalized spacial score (nSPS) is 9.12. The maximum atomic E-state index is 10.1. The van der Waals surface area contributed by atoms with Gasteiger partial charge in [0.15, 0.2) is 6.29 Å². The van der Waals surface area contributed by atoms with Gasteiger partial charge in [0.25, 0.3) is 0 Å². The van der Waals surface area contributed by atoms with Crippen LogP contribution in [0.3, 0.4) is 0 Å². The zero-order chi connectivity index (χ0) is 5.98. The monoisotopic (exact) mass is 144 g/mol. The number of carbonyl (C=O) groups excluding carboxylic acids is 1. The maximum absolute atomic E-state index is 10.1. The summed E-state index contributed by atoms with van der Waals surface area (Å²) in [6, 6.07) is 1.90. The van der Waals surface area contributed by atoms with E-state index in [1.807, 2.05) is 11.4 Å². The van der Waals surface area contributed by atoms with Crippen molar-refractivity contribution >= 4 is 32.2 Å². The average Bonchev–Trinajstić information content (AvgIpc) is 2.14. The van der Waals surface area contributed by atoms with Crippen LogP contribution in [0.4, 0.5) is 0 Å². The lowest BCUT2D eigenvalue weighted by molar-refractivity contribution is 0.112. The molecule has 0 bridgehead atoms. The van der Waals surface area contributed by atoms with Crippen molar-refractivity contribution in [3.05, 3.63) is 16.3 Å². The molecule has 0 aromatic carbocycles. The molecule has 1 aromatic heterocycles. The molecule has 0 saturated carbocycles. The van der Waals surface area contributed by atoms with Crippen molar-refractivity contribution in [1.82, 2.24) is 0 Å². The number of hydrogen-bond acceptors (Lipinski definition) is 2. The second-order valence-electron chi connectivity index (χ2n) is 1.36. The first kappa shape index (κ1) is 5.93. The van der Waals surface area contributed by atoms with Gasteiger partial charge < -0.3 is 0 Å². The average molecular weight is 144 g/mol. The van der Waals surface area contributed by atoms with E-state index < -0.39 is 0 Å². The Hall–Kier alpha value is -0.200. The quantitative estimate of drug-likeness (QED) is 0.425. The van der Waals surface area contributed by atoms with Crippen molar-refractivity contribution in [2.24, 2.45) is 0 Å². The minimum absolute atomic E-state index is 0.801. The van der Waals surface area contributed by atoms with E-state index in [9.17, 15) is 4.79 Å². The van der Waals surface area contributed by atoms with Crippen LogP contribution in [0.2, 0.25) is 0 Å². The summed E-state index contributed by atoms with van der Waals surface area (Å²) in [6.45, 7) is 0. The molecule has 1 aromatic rings. The third-order valence-corrected chi connectivity index (χ3v) is 2.40. The van der Waals surface area contributed by atoms with Crippen molar-refractivity contribution in [1.29, 1.82) is 0 Å². The molecule has 1 nitrogen and oxygen atoms in total. The van der Waals surface area contributed by atoms with Crippen LogP contribution in [0, 0.1) is 0 Å². The second kappa shape index (κ2) is 2.38. The van der Waals surface area contributed by atoms with E-state index in [-0.39, 0.29) is 0 Å². The molecule has 0 aliphatic rings. The van der Waals surface area contributed by atoms with Gasteiger partial charge in [-0.3, -0.25) is 4.79 Å². The van der Waals surface area contributed by atoms with Gasteiger partial charge in [-0.2, -0.15) is 0 Å². The highest BCUT2D eigenvalue weighted by atomic mass is 32.1. The van der Waals surface area contributed by atoms with Gasteiger partial charge in [0.1, 0.15) is 0 Å². The number of rotatable bonds is 1. The molecule has 0 amide bonds. The molecule has 0 radical (unpaired) electrons. The Balaban J connectivity index is 3.09. The predicted octanol–water partition coefficient (Wildman–Crippen LogP) is 1.06. The molecule has 0 spiro atoms. The predicted molar refractivity (Wildman–Crippen MR) is 39.1 cm³/mol. The molecular formula is C5H5OPS. The SMILES string of the molecule is O=Cc1sccc1P. The summed E-state index contributed by atoms with van der Waals surface area (Å²) in [6.07, 6.45) is 0.868. The maximum Gasteiger partial charge on any atom is 0.160 e. The topological polar surface area (TPSA) is 17.1 Å². The minimum Gasteiger partial charge on any atom is -0.297 e. The molecule has 1 atom stereocenters. The van der Waals surface area contributed by atoms with Crippen molar-refractivity contribution < 1.29 is 4.79 Å². The van der Waals surface area contributed by atoms with Gasteiger partial charge in [0.05, 0.1) is 4.88 Å². The summed E-state index contributed by atoms with van der Waals surface area (Å²) >= 11 is 1.46. The van der Waals surface area contributed by atoms with E-state index in [0.29, 0.717) is 0 Å². The second-order valence-corrected chi connectivity index (χ2v) is 2.93. The Morgan fingerprint density at radius 3 is 2.75 bits per heavy atom. The summed E-state index contributed by atoms with van der Waals surface area (Å²) in [5.74, 6) is 0. The van der Waals surface area contributed by atoms with E-state index in [1.165, 1.54) is 11.3 Å². The van der Waals surface area contributed by atoms with Crippen LogP contribution >= 0.6 is 20.6 Å². The molecule has 1 heterocycles. The number of hydrogen-bond donors (Lipinski definition) is 0. The molecule has 0 aliphatic heterocycles. The summed E-state index contributed by atoms with van der Waals surface area (Å²) in [4.78, 5) is 10.9. The third kappa shape index (κ3) is 0.960.